The van der Waals surface area contributed by atoms with Crippen LogP contribution in [-0.4, -0.2) is 25.2 Å². The molecule has 0 fully saturated rings. The monoisotopic (exact) mass is 322 g/mol. The molecule has 110 valence electrons. The zero-order valence-corrected chi connectivity index (χ0v) is 13.2. The topological polar surface area (TPSA) is 35.6 Å². The van der Waals surface area contributed by atoms with Crippen molar-refractivity contribution >= 4 is 34.2 Å². The van der Waals surface area contributed by atoms with Crippen molar-refractivity contribution in [2.24, 2.45) is 0 Å². The number of fused-ring (bicyclic) bond motifs is 1. The molecule has 0 N–H and O–H groups in total. The van der Waals surface area contributed by atoms with Crippen molar-refractivity contribution < 1.29 is 0 Å². The van der Waals surface area contributed by atoms with E-state index < -0.39 is 0 Å². The van der Waals surface area contributed by atoms with Crippen LogP contribution in [0.2, 0.25) is 5.02 Å². The van der Waals surface area contributed by atoms with Gasteiger partial charge in [0.15, 0.2) is 0 Å². The molecule has 0 amide bonds. The summed E-state index contributed by atoms with van der Waals surface area (Å²) in [5.41, 5.74) is 1.99. The highest BCUT2D eigenvalue weighted by Crippen LogP contribution is 2.25. The predicted octanol–water partition coefficient (Wildman–Crippen LogP) is 3.93. The van der Waals surface area contributed by atoms with E-state index in [2.05, 4.69) is 21.6 Å². The molecule has 6 heteroatoms. The largest absolute Gasteiger partial charge is 0.323 e. The van der Waals surface area contributed by atoms with E-state index in [9.17, 15) is 0 Å². The maximum atomic E-state index is 6.06. The number of hydrogen-bond donors (Lipinski definition) is 0. The molecule has 0 saturated carbocycles. The van der Waals surface area contributed by atoms with Crippen molar-refractivity contribution in [2.75, 3.05) is 5.88 Å². The molecule has 1 atom stereocenters. The lowest BCUT2D eigenvalue weighted by atomic mass is 10.2. The summed E-state index contributed by atoms with van der Waals surface area (Å²) in [5.74, 6) is 1.54. The summed E-state index contributed by atoms with van der Waals surface area (Å²) in [4.78, 5) is 4.68. The average molecular weight is 323 g/mol. The van der Waals surface area contributed by atoms with Gasteiger partial charge in [0, 0.05) is 29.7 Å². The van der Waals surface area contributed by atoms with Crippen molar-refractivity contribution in [1.82, 2.24) is 19.3 Å². The van der Waals surface area contributed by atoms with Gasteiger partial charge in [-0.3, -0.25) is 4.68 Å². The maximum absolute atomic E-state index is 6.06. The average Bonchev–Trinajstić information content (AvgIpc) is 3.05. The fraction of sp³-hybridized carbons (Fsp3) is 0.333. The molecule has 0 bridgehead atoms. The van der Waals surface area contributed by atoms with Crippen LogP contribution in [0.25, 0.3) is 11.0 Å². The minimum absolute atomic E-state index is 0.231. The van der Waals surface area contributed by atoms with E-state index in [4.69, 9.17) is 23.2 Å². The Morgan fingerprint density at radius 3 is 2.90 bits per heavy atom. The van der Waals surface area contributed by atoms with Crippen molar-refractivity contribution in [1.29, 1.82) is 0 Å². The summed E-state index contributed by atoms with van der Waals surface area (Å²) in [6, 6.07) is 7.97. The van der Waals surface area contributed by atoms with Crippen LogP contribution in [0.1, 0.15) is 18.8 Å². The molecule has 3 aromatic rings. The van der Waals surface area contributed by atoms with Gasteiger partial charge in [-0.15, -0.1) is 11.6 Å². The number of hydrogen-bond acceptors (Lipinski definition) is 2. The van der Waals surface area contributed by atoms with Crippen LogP contribution in [0.4, 0.5) is 0 Å². The SMILES string of the molecule is CC(Cn1cccn1)n1c(CCCl)nc2cc(Cl)ccc21. The Bertz CT molecular complexity index is 734. The molecule has 1 unspecified atom stereocenters. The van der Waals surface area contributed by atoms with Crippen LogP contribution in [-0.2, 0) is 13.0 Å². The number of halogens is 2. The molecule has 0 radical (unpaired) electrons. The number of imidazole rings is 1. The number of alkyl halides is 1. The fourth-order valence-corrected chi connectivity index (χ4v) is 2.97. The third-order valence-corrected chi connectivity index (χ3v) is 3.92. The number of aromatic nitrogens is 4. The van der Waals surface area contributed by atoms with Crippen LogP contribution in [0.5, 0.6) is 0 Å². The summed E-state index contributed by atoms with van der Waals surface area (Å²) in [6.07, 6.45) is 4.49. The lowest BCUT2D eigenvalue weighted by molar-refractivity contribution is 0.435. The van der Waals surface area contributed by atoms with Crippen LogP contribution in [0, 0.1) is 0 Å². The van der Waals surface area contributed by atoms with E-state index in [1.165, 1.54) is 0 Å². The minimum atomic E-state index is 0.231. The molecule has 3 rings (SSSR count). The van der Waals surface area contributed by atoms with E-state index >= 15 is 0 Å². The van der Waals surface area contributed by atoms with Crippen LogP contribution < -0.4 is 0 Å². The molecule has 0 saturated heterocycles. The lowest BCUT2D eigenvalue weighted by Gasteiger charge is -2.17. The van der Waals surface area contributed by atoms with E-state index in [1.54, 1.807) is 6.20 Å². The Morgan fingerprint density at radius 1 is 1.33 bits per heavy atom. The zero-order valence-electron chi connectivity index (χ0n) is 11.7. The third-order valence-electron chi connectivity index (χ3n) is 3.49. The Balaban J connectivity index is 2.03. The molecule has 0 aliphatic heterocycles. The van der Waals surface area contributed by atoms with Gasteiger partial charge in [-0.25, -0.2) is 4.98 Å². The molecule has 1 aromatic carbocycles. The molecule has 0 aliphatic carbocycles. The smallest absolute Gasteiger partial charge is 0.111 e. The summed E-state index contributed by atoms with van der Waals surface area (Å²) < 4.78 is 4.16. The first-order valence-electron chi connectivity index (χ1n) is 6.89. The third kappa shape index (κ3) is 2.92. The Morgan fingerprint density at radius 2 is 2.19 bits per heavy atom. The second-order valence-corrected chi connectivity index (χ2v) is 5.86. The van der Waals surface area contributed by atoms with Gasteiger partial charge in [0.25, 0.3) is 0 Å². The van der Waals surface area contributed by atoms with Crippen molar-refractivity contribution in [3.63, 3.8) is 0 Å². The second-order valence-electron chi connectivity index (χ2n) is 5.05. The Labute approximate surface area is 133 Å². The van der Waals surface area contributed by atoms with Crippen molar-refractivity contribution in [2.45, 2.75) is 25.9 Å². The Kier molecular flexibility index (Phi) is 4.17. The van der Waals surface area contributed by atoms with Gasteiger partial charge in [-0.1, -0.05) is 11.6 Å². The highest BCUT2D eigenvalue weighted by atomic mass is 35.5. The quantitative estimate of drug-likeness (QED) is 0.667. The number of aryl methyl sites for hydroxylation is 1. The second kappa shape index (κ2) is 6.08. The standard InChI is InChI=1S/C15H16Cl2N4/c1-11(10-20-8-2-7-18-20)21-14-4-3-12(17)9-13(14)19-15(21)5-6-16/h2-4,7-9,11H,5-6,10H2,1H3. The molecular weight excluding hydrogens is 307 g/mol. The molecule has 2 aromatic heterocycles. The highest BCUT2D eigenvalue weighted by Gasteiger charge is 2.16. The van der Waals surface area contributed by atoms with Gasteiger partial charge in [0.1, 0.15) is 5.82 Å². The van der Waals surface area contributed by atoms with Gasteiger partial charge in [0.05, 0.1) is 23.6 Å². The number of rotatable bonds is 5. The lowest BCUT2D eigenvalue weighted by Crippen LogP contribution is -2.16. The number of nitrogens with zero attached hydrogens (tertiary/aromatic N) is 4. The van der Waals surface area contributed by atoms with Gasteiger partial charge in [0.2, 0.25) is 0 Å². The predicted molar refractivity (Wildman–Crippen MR) is 86.1 cm³/mol. The Hall–Kier alpha value is -1.52. The van der Waals surface area contributed by atoms with Gasteiger partial charge >= 0.3 is 0 Å². The van der Waals surface area contributed by atoms with Crippen LogP contribution in [0.3, 0.4) is 0 Å². The highest BCUT2D eigenvalue weighted by molar-refractivity contribution is 6.31. The zero-order chi connectivity index (χ0) is 14.8. The van der Waals surface area contributed by atoms with E-state index in [0.29, 0.717) is 10.9 Å². The van der Waals surface area contributed by atoms with Crippen LogP contribution >= 0.6 is 23.2 Å². The molecule has 0 spiro atoms. The molecular formula is C15H16Cl2N4. The molecule has 4 nitrogen and oxygen atoms in total. The van der Waals surface area contributed by atoms with E-state index in [0.717, 1.165) is 29.8 Å². The van der Waals surface area contributed by atoms with Crippen LogP contribution in [0.15, 0.2) is 36.7 Å². The first-order valence-corrected chi connectivity index (χ1v) is 7.80. The maximum Gasteiger partial charge on any atom is 0.111 e. The number of benzene rings is 1. The van der Waals surface area contributed by atoms with Gasteiger partial charge in [-0.05, 0) is 31.2 Å². The summed E-state index contributed by atoms with van der Waals surface area (Å²) >= 11 is 12.0. The molecule has 0 aliphatic rings. The normalized spacial score (nSPS) is 12.9. The van der Waals surface area contributed by atoms with Crippen molar-refractivity contribution in [3.8, 4) is 0 Å². The van der Waals surface area contributed by atoms with E-state index in [-0.39, 0.29) is 6.04 Å². The van der Waals surface area contributed by atoms with Gasteiger partial charge in [-0.2, -0.15) is 5.10 Å². The van der Waals surface area contributed by atoms with Crippen molar-refractivity contribution in [3.05, 3.63) is 47.5 Å². The minimum Gasteiger partial charge on any atom is -0.323 e. The first kappa shape index (κ1) is 14.4. The summed E-state index contributed by atoms with van der Waals surface area (Å²) in [6.45, 7) is 2.95. The fourth-order valence-electron chi connectivity index (χ4n) is 2.64. The van der Waals surface area contributed by atoms with E-state index in [1.807, 2.05) is 35.1 Å². The summed E-state index contributed by atoms with van der Waals surface area (Å²) in [7, 11) is 0. The summed E-state index contributed by atoms with van der Waals surface area (Å²) in [5, 5.41) is 4.97. The van der Waals surface area contributed by atoms with Gasteiger partial charge < -0.3 is 4.57 Å². The molecule has 21 heavy (non-hydrogen) atoms. The first-order chi connectivity index (χ1) is 10.2. The molecule has 2 heterocycles.